The van der Waals surface area contributed by atoms with Gasteiger partial charge in [0.25, 0.3) is 0 Å². The molecule has 130 valence electrons. The molecule has 24 heavy (non-hydrogen) atoms. The second-order valence-electron chi connectivity index (χ2n) is 6.00. The summed E-state index contributed by atoms with van der Waals surface area (Å²) in [6, 6.07) is 4.40. The lowest BCUT2D eigenvalue weighted by molar-refractivity contribution is -0.119. The Kier molecular flexibility index (Phi) is 4.84. The normalized spacial score (nSPS) is 20.5. The van der Waals surface area contributed by atoms with Crippen LogP contribution in [0.15, 0.2) is 18.2 Å². The zero-order valence-electron chi connectivity index (χ0n) is 13.4. The first-order chi connectivity index (χ1) is 11.5. The van der Waals surface area contributed by atoms with Gasteiger partial charge in [-0.3, -0.25) is 9.69 Å². The van der Waals surface area contributed by atoms with Crippen LogP contribution in [0.4, 0.5) is 14.9 Å². The Morgan fingerprint density at radius 2 is 2.29 bits per heavy atom. The van der Waals surface area contributed by atoms with Crippen LogP contribution >= 0.6 is 0 Å². The van der Waals surface area contributed by atoms with Crippen molar-refractivity contribution in [2.24, 2.45) is 5.92 Å². The Morgan fingerprint density at radius 3 is 2.92 bits per heavy atom. The van der Waals surface area contributed by atoms with Gasteiger partial charge in [0.1, 0.15) is 6.10 Å². The molecule has 7 nitrogen and oxygen atoms in total. The fourth-order valence-electron chi connectivity index (χ4n) is 2.54. The van der Waals surface area contributed by atoms with Crippen LogP contribution in [0.2, 0.25) is 0 Å². The third-order valence-corrected chi connectivity index (χ3v) is 4.02. The highest BCUT2D eigenvalue weighted by atomic mass is 19.1. The minimum Gasteiger partial charge on any atom is -0.490 e. The molecule has 3 rings (SSSR count). The fourth-order valence-corrected chi connectivity index (χ4v) is 2.54. The molecule has 2 aliphatic rings. The van der Waals surface area contributed by atoms with E-state index in [1.165, 1.54) is 24.0 Å². The number of cyclic esters (lactones) is 1. The summed E-state index contributed by atoms with van der Waals surface area (Å²) in [6.45, 7) is 4.11. The van der Waals surface area contributed by atoms with Gasteiger partial charge in [-0.15, -0.1) is 0 Å². The molecule has 0 saturated carbocycles. The number of hydrogen-bond acceptors (Lipinski definition) is 5. The topological polar surface area (TPSA) is 79.9 Å². The number of nitrogens with one attached hydrogen (secondary N) is 2. The van der Waals surface area contributed by atoms with Gasteiger partial charge in [-0.2, -0.15) is 0 Å². The quantitative estimate of drug-likeness (QED) is 0.806. The molecule has 1 aromatic rings. The van der Waals surface area contributed by atoms with E-state index in [1.54, 1.807) is 6.07 Å². The first-order valence-corrected chi connectivity index (χ1v) is 7.88. The molecule has 1 unspecified atom stereocenters. The summed E-state index contributed by atoms with van der Waals surface area (Å²) in [4.78, 5) is 24.2. The highest BCUT2D eigenvalue weighted by molar-refractivity contribution is 5.89. The number of ether oxygens (including phenoxy) is 2. The van der Waals surface area contributed by atoms with E-state index in [2.05, 4.69) is 10.6 Å². The number of nitrogens with zero attached hydrogens (tertiary/aromatic N) is 1. The van der Waals surface area contributed by atoms with Crippen LogP contribution in [-0.4, -0.2) is 50.9 Å². The predicted octanol–water partition coefficient (Wildman–Crippen LogP) is 0.885. The highest BCUT2D eigenvalue weighted by Crippen LogP contribution is 2.27. The maximum Gasteiger partial charge on any atom is 0.414 e. The van der Waals surface area contributed by atoms with Crippen molar-refractivity contribution in [3.63, 3.8) is 0 Å². The van der Waals surface area contributed by atoms with Gasteiger partial charge in [0, 0.05) is 32.0 Å². The molecule has 2 fully saturated rings. The van der Waals surface area contributed by atoms with Crippen molar-refractivity contribution in [2.75, 3.05) is 37.7 Å². The molecule has 0 spiro atoms. The van der Waals surface area contributed by atoms with Gasteiger partial charge in [-0.05, 0) is 12.1 Å². The van der Waals surface area contributed by atoms with E-state index < -0.39 is 18.0 Å². The van der Waals surface area contributed by atoms with Crippen molar-refractivity contribution in [3.05, 3.63) is 24.0 Å². The molecule has 1 atom stereocenters. The Hall–Kier alpha value is -2.35. The molecule has 2 saturated heterocycles. The standard InChI is InChI=1S/C16H20FN3O4/c1-10(21)19-7-13-8-20(16(22)24-13)12-2-3-15(14(17)4-12)23-9-11-5-18-6-11/h2-4,11,13,18H,5-9H2,1H3,(H,19,21). The molecule has 2 heterocycles. The van der Waals surface area contributed by atoms with Crippen LogP contribution < -0.4 is 20.3 Å². The van der Waals surface area contributed by atoms with E-state index >= 15 is 0 Å². The molecule has 2 amide bonds. The molecular weight excluding hydrogens is 317 g/mol. The van der Waals surface area contributed by atoms with E-state index in [9.17, 15) is 14.0 Å². The highest BCUT2D eigenvalue weighted by Gasteiger charge is 2.32. The minimum atomic E-state index is -0.557. The van der Waals surface area contributed by atoms with Crippen LogP contribution in [0.3, 0.4) is 0 Å². The van der Waals surface area contributed by atoms with Gasteiger partial charge in [-0.25, -0.2) is 9.18 Å². The molecule has 0 aliphatic carbocycles. The van der Waals surface area contributed by atoms with Crippen LogP contribution in [-0.2, 0) is 9.53 Å². The molecule has 2 aliphatic heterocycles. The second-order valence-corrected chi connectivity index (χ2v) is 6.00. The first-order valence-electron chi connectivity index (χ1n) is 7.88. The lowest BCUT2D eigenvalue weighted by Crippen LogP contribution is -2.45. The van der Waals surface area contributed by atoms with Gasteiger partial charge in [0.05, 0.1) is 25.4 Å². The Bertz CT molecular complexity index is 636. The van der Waals surface area contributed by atoms with Crippen molar-refractivity contribution in [3.8, 4) is 5.75 Å². The number of hydrogen-bond donors (Lipinski definition) is 2. The van der Waals surface area contributed by atoms with Crippen LogP contribution in [0.5, 0.6) is 5.75 Å². The zero-order chi connectivity index (χ0) is 17.1. The summed E-state index contributed by atoms with van der Waals surface area (Å²) >= 11 is 0. The van der Waals surface area contributed by atoms with Crippen molar-refractivity contribution < 1.29 is 23.5 Å². The summed E-state index contributed by atoms with van der Waals surface area (Å²) in [6.07, 6.45) is -1.01. The third kappa shape index (κ3) is 3.76. The molecular formula is C16H20FN3O4. The van der Waals surface area contributed by atoms with E-state index in [0.717, 1.165) is 13.1 Å². The Morgan fingerprint density at radius 1 is 1.50 bits per heavy atom. The number of rotatable bonds is 6. The average Bonchev–Trinajstić information content (AvgIpc) is 2.86. The lowest BCUT2D eigenvalue weighted by atomic mass is 10.1. The summed E-state index contributed by atoms with van der Waals surface area (Å²) in [7, 11) is 0. The molecule has 2 N–H and O–H groups in total. The maximum absolute atomic E-state index is 14.2. The summed E-state index contributed by atoms with van der Waals surface area (Å²) in [5.41, 5.74) is 0.403. The molecule has 8 heteroatoms. The predicted molar refractivity (Wildman–Crippen MR) is 84.6 cm³/mol. The van der Waals surface area contributed by atoms with Crippen molar-refractivity contribution >= 4 is 17.7 Å². The Labute approximate surface area is 139 Å². The first kappa shape index (κ1) is 16.5. The van der Waals surface area contributed by atoms with Gasteiger partial charge in [-0.1, -0.05) is 0 Å². The third-order valence-electron chi connectivity index (χ3n) is 4.02. The summed E-state index contributed by atoms with van der Waals surface area (Å²) in [5, 5.41) is 5.72. The fraction of sp³-hybridized carbons (Fsp3) is 0.500. The van der Waals surface area contributed by atoms with Gasteiger partial charge >= 0.3 is 6.09 Å². The van der Waals surface area contributed by atoms with Gasteiger partial charge in [0.2, 0.25) is 5.91 Å². The minimum absolute atomic E-state index is 0.174. The number of halogens is 1. The van der Waals surface area contributed by atoms with Crippen molar-refractivity contribution in [1.82, 2.24) is 10.6 Å². The average molecular weight is 337 g/mol. The monoisotopic (exact) mass is 337 g/mol. The van der Waals surface area contributed by atoms with Crippen LogP contribution in [0, 0.1) is 11.7 Å². The van der Waals surface area contributed by atoms with Gasteiger partial charge < -0.3 is 20.1 Å². The summed E-state index contributed by atoms with van der Waals surface area (Å²) in [5.74, 6) is -0.128. The van der Waals surface area contributed by atoms with Crippen LogP contribution in [0.1, 0.15) is 6.92 Å². The molecule has 1 aromatic carbocycles. The lowest BCUT2D eigenvalue weighted by Gasteiger charge is -2.27. The van der Waals surface area contributed by atoms with E-state index in [0.29, 0.717) is 18.2 Å². The largest absolute Gasteiger partial charge is 0.490 e. The van der Waals surface area contributed by atoms with Gasteiger partial charge in [0.15, 0.2) is 11.6 Å². The number of carbonyl (C=O) groups is 2. The number of anilines is 1. The zero-order valence-corrected chi connectivity index (χ0v) is 13.4. The molecule has 0 radical (unpaired) electrons. The van der Waals surface area contributed by atoms with E-state index in [4.69, 9.17) is 9.47 Å². The maximum atomic E-state index is 14.2. The summed E-state index contributed by atoms with van der Waals surface area (Å²) < 4.78 is 24.8. The van der Waals surface area contributed by atoms with Crippen LogP contribution in [0.25, 0.3) is 0 Å². The SMILES string of the molecule is CC(=O)NCC1CN(c2ccc(OCC3CNC3)c(F)c2)C(=O)O1. The molecule has 0 bridgehead atoms. The van der Waals surface area contributed by atoms with Crippen molar-refractivity contribution in [2.45, 2.75) is 13.0 Å². The number of carbonyl (C=O) groups excluding carboxylic acids is 2. The van der Waals surface area contributed by atoms with E-state index in [1.807, 2.05) is 0 Å². The smallest absolute Gasteiger partial charge is 0.414 e. The second kappa shape index (κ2) is 7.04. The number of amides is 2. The Balaban J connectivity index is 1.60. The molecule has 0 aromatic heterocycles. The number of benzene rings is 1. The van der Waals surface area contributed by atoms with E-state index in [-0.39, 0.29) is 24.7 Å². The van der Waals surface area contributed by atoms with Crippen molar-refractivity contribution in [1.29, 1.82) is 0 Å².